The molecule has 2 rings (SSSR count). The van der Waals surface area contributed by atoms with E-state index in [1.54, 1.807) is 17.4 Å². The Kier molecular flexibility index (Phi) is 4.00. The van der Waals surface area contributed by atoms with Crippen LogP contribution in [-0.2, 0) is 6.54 Å². The lowest BCUT2D eigenvalue weighted by Gasteiger charge is -2.08. The fraction of sp³-hybridized carbons (Fsp3) is 0.0909. The lowest BCUT2D eigenvalue weighted by atomic mass is 10.3. The summed E-state index contributed by atoms with van der Waals surface area (Å²) in [6, 6.07) is 6.95. The van der Waals surface area contributed by atoms with Gasteiger partial charge in [0.1, 0.15) is 5.82 Å². The monoisotopic (exact) mass is 363 g/mol. The molecule has 0 aliphatic carbocycles. The van der Waals surface area contributed by atoms with Crippen molar-refractivity contribution in [1.82, 2.24) is 0 Å². The van der Waals surface area contributed by atoms with E-state index in [1.807, 2.05) is 17.5 Å². The molecule has 1 nitrogen and oxygen atoms in total. The normalized spacial score (nSPS) is 10.4. The van der Waals surface area contributed by atoms with Crippen LogP contribution in [0.25, 0.3) is 0 Å². The Balaban J connectivity index is 2.10. The van der Waals surface area contributed by atoms with Gasteiger partial charge in [-0.2, -0.15) is 0 Å². The van der Waals surface area contributed by atoms with E-state index in [0.717, 1.165) is 13.8 Å². The Morgan fingerprint density at radius 1 is 1.31 bits per heavy atom. The van der Waals surface area contributed by atoms with Crippen LogP contribution in [0.15, 0.2) is 38.6 Å². The summed E-state index contributed by atoms with van der Waals surface area (Å²) in [5, 5.41) is 5.09. The average molecular weight is 365 g/mol. The van der Waals surface area contributed by atoms with Crippen LogP contribution < -0.4 is 5.32 Å². The van der Waals surface area contributed by atoms with Gasteiger partial charge >= 0.3 is 0 Å². The summed E-state index contributed by atoms with van der Waals surface area (Å²) >= 11 is 8.34. The summed E-state index contributed by atoms with van der Waals surface area (Å²) in [6.07, 6.45) is 0. The third-order valence-corrected chi connectivity index (χ3v) is 4.38. The third-order valence-electron chi connectivity index (χ3n) is 2.02. The van der Waals surface area contributed by atoms with Crippen LogP contribution in [0, 0.1) is 5.82 Å². The van der Waals surface area contributed by atoms with Crippen LogP contribution >= 0.6 is 43.2 Å². The summed E-state index contributed by atoms with van der Waals surface area (Å²) in [5.41, 5.74) is 0.507. The van der Waals surface area contributed by atoms with E-state index in [9.17, 15) is 4.39 Å². The van der Waals surface area contributed by atoms with Crippen molar-refractivity contribution in [2.24, 2.45) is 0 Å². The minimum atomic E-state index is -0.245. The second kappa shape index (κ2) is 5.29. The summed E-state index contributed by atoms with van der Waals surface area (Å²) in [6.45, 7) is 0.621. The Hall–Kier alpha value is -0.390. The number of hydrogen-bond acceptors (Lipinski definition) is 2. The van der Waals surface area contributed by atoms with E-state index in [-0.39, 0.29) is 5.82 Å². The fourth-order valence-electron chi connectivity index (χ4n) is 1.29. The zero-order chi connectivity index (χ0) is 11.5. The van der Waals surface area contributed by atoms with Gasteiger partial charge in [-0.3, -0.25) is 0 Å². The number of rotatable bonds is 3. The highest BCUT2D eigenvalue weighted by Crippen LogP contribution is 2.27. The molecule has 0 radical (unpaired) electrons. The van der Waals surface area contributed by atoms with Gasteiger partial charge in [0, 0.05) is 25.7 Å². The van der Waals surface area contributed by atoms with E-state index < -0.39 is 0 Å². The molecular formula is C11H8Br2FNS. The number of hydrogen-bond donors (Lipinski definition) is 1. The number of para-hydroxylation sites is 1. The zero-order valence-corrected chi connectivity index (χ0v) is 12.1. The van der Waals surface area contributed by atoms with E-state index in [1.165, 1.54) is 6.07 Å². The van der Waals surface area contributed by atoms with E-state index in [4.69, 9.17) is 0 Å². The van der Waals surface area contributed by atoms with Crippen molar-refractivity contribution in [1.29, 1.82) is 0 Å². The first-order valence-electron chi connectivity index (χ1n) is 4.57. The van der Waals surface area contributed by atoms with Crippen LogP contribution in [0.1, 0.15) is 4.88 Å². The van der Waals surface area contributed by atoms with Gasteiger partial charge in [-0.25, -0.2) is 4.39 Å². The molecule has 0 spiro atoms. The fourth-order valence-corrected chi connectivity index (χ4v) is 3.16. The predicted molar refractivity (Wildman–Crippen MR) is 73.4 cm³/mol. The molecule has 0 saturated heterocycles. The topological polar surface area (TPSA) is 12.0 Å². The minimum absolute atomic E-state index is 0.245. The van der Waals surface area contributed by atoms with Gasteiger partial charge < -0.3 is 5.32 Å². The molecular weight excluding hydrogens is 357 g/mol. The van der Waals surface area contributed by atoms with Crippen LogP contribution in [0.5, 0.6) is 0 Å². The van der Waals surface area contributed by atoms with Crippen LogP contribution in [0.2, 0.25) is 0 Å². The van der Waals surface area contributed by atoms with Crippen molar-refractivity contribution in [3.8, 4) is 0 Å². The van der Waals surface area contributed by atoms with E-state index >= 15 is 0 Å². The number of anilines is 1. The molecule has 0 aliphatic heterocycles. The summed E-state index contributed by atoms with van der Waals surface area (Å²) in [7, 11) is 0. The molecule has 0 saturated carbocycles. The van der Waals surface area contributed by atoms with Crippen molar-refractivity contribution in [3.05, 3.63) is 49.3 Å². The summed E-state index contributed by atoms with van der Waals surface area (Å²) in [4.78, 5) is 1.15. The van der Waals surface area contributed by atoms with Crippen molar-refractivity contribution in [2.75, 3.05) is 5.32 Å². The van der Waals surface area contributed by atoms with Gasteiger partial charge in [-0.05, 0) is 50.1 Å². The van der Waals surface area contributed by atoms with Crippen molar-refractivity contribution < 1.29 is 4.39 Å². The highest BCUT2D eigenvalue weighted by Gasteiger charge is 2.06. The lowest BCUT2D eigenvalue weighted by molar-refractivity contribution is 0.629. The quantitative estimate of drug-likeness (QED) is 0.805. The van der Waals surface area contributed by atoms with Crippen molar-refractivity contribution >= 4 is 48.9 Å². The molecule has 1 N–H and O–H groups in total. The second-order valence-corrected chi connectivity index (χ2v) is 5.95. The Labute approximate surface area is 114 Å². The molecule has 0 aliphatic rings. The van der Waals surface area contributed by atoms with Gasteiger partial charge in [0.2, 0.25) is 0 Å². The number of thiophene rings is 1. The first-order valence-corrected chi connectivity index (χ1v) is 7.04. The standard InChI is InChI=1S/C11H8Br2FNS/c12-7-4-8(16-6-7)5-15-11-9(13)2-1-3-10(11)14/h1-4,6,15H,5H2. The molecule has 2 aromatic rings. The van der Waals surface area contributed by atoms with Gasteiger partial charge in [0.25, 0.3) is 0 Å². The first-order chi connectivity index (χ1) is 7.66. The lowest BCUT2D eigenvalue weighted by Crippen LogP contribution is -2.00. The highest BCUT2D eigenvalue weighted by atomic mass is 79.9. The molecule has 0 amide bonds. The smallest absolute Gasteiger partial charge is 0.147 e. The number of nitrogens with one attached hydrogen (secondary N) is 1. The van der Waals surface area contributed by atoms with E-state index in [2.05, 4.69) is 37.2 Å². The molecule has 1 aromatic heterocycles. The third kappa shape index (κ3) is 2.84. The van der Waals surface area contributed by atoms with Crippen molar-refractivity contribution in [2.45, 2.75) is 6.54 Å². The predicted octanol–water partition coefficient (Wildman–Crippen LogP) is 5.02. The molecule has 5 heteroatoms. The molecule has 0 bridgehead atoms. The van der Waals surface area contributed by atoms with Crippen LogP contribution in [0.4, 0.5) is 10.1 Å². The molecule has 0 unspecified atom stereocenters. The molecule has 1 heterocycles. The Bertz CT molecular complexity index is 478. The maximum atomic E-state index is 13.5. The molecule has 16 heavy (non-hydrogen) atoms. The highest BCUT2D eigenvalue weighted by molar-refractivity contribution is 9.10. The Morgan fingerprint density at radius 2 is 2.12 bits per heavy atom. The molecule has 84 valence electrons. The Morgan fingerprint density at radius 3 is 2.75 bits per heavy atom. The van der Waals surface area contributed by atoms with Crippen LogP contribution in [0.3, 0.4) is 0 Å². The van der Waals surface area contributed by atoms with Gasteiger partial charge in [-0.1, -0.05) is 6.07 Å². The largest absolute Gasteiger partial charge is 0.377 e. The van der Waals surface area contributed by atoms with Gasteiger partial charge in [-0.15, -0.1) is 11.3 Å². The first kappa shape index (κ1) is 12.1. The second-order valence-electron chi connectivity index (χ2n) is 3.18. The summed E-state index contributed by atoms with van der Waals surface area (Å²) < 4.78 is 15.3. The summed E-state index contributed by atoms with van der Waals surface area (Å²) in [5.74, 6) is -0.245. The molecule has 0 atom stereocenters. The minimum Gasteiger partial charge on any atom is -0.377 e. The maximum Gasteiger partial charge on any atom is 0.147 e. The SMILES string of the molecule is Fc1cccc(Br)c1NCc1cc(Br)cs1. The van der Waals surface area contributed by atoms with Gasteiger partial charge in [0.15, 0.2) is 0 Å². The van der Waals surface area contributed by atoms with Crippen molar-refractivity contribution in [3.63, 3.8) is 0 Å². The zero-order valence-electron chi connectivity index (χ0n) is 8.14. The molecule has 0 fully saturated rings. The number of benzene rings is 1. The van der Waals surface area contributed by atoms with Crippen LogP contribution in [-0.4, -0.2) is 0 Å². The van der Waals surface area contributed by atoms with E-state index in [0.29, 0.717) is 12.2 Å². The average Bonchev–Trinajstić information content (AvgIpc) is 2.63. The molecule has 1 aromatic carbocycles. The number of halogens is 3. The van der Waals surface area contributed by atoms with Gasteiger partial charge in [0.05, 0.1) is 5.69 Å². The maximum absolute atomic E-state index is 13.5.